The fourth-order valence-corrected chi connectivity index (χ4v) is 6.09. The first-order chi connectivity index (χ1) is 18.3. The Kier molecular flexibility index (Phi) is 7.59. The van der Waals surface area contributed by atoms with E-state index >= 15 is 0 Å². The van der Waals surface area contributed by atoms with Crippen molar-refractivity contribution in [3.63, 3.8) is 0 Å². The first-order valence-electron chi connectivity index (χ1n) is 13.8. The second-order valence-electron chi connectivity index (χ2n) is 10.9. The Morgan fingerprint density at radius 2 is 1.97 bits per heavy atom. The number of hydrogen-bond donors (Lipinski definition) is 1. The van der Waals surface area contributed by atoms with E-state index in [1.165, 1.54) is 4.90 Å². The Hall–Kier alpha value is -3.17. The third-order valence-corrected chi connectivity index (χ3v) is 8.36. The van der Waals surface area contributed by atoms with E-state index < -0.39 is 6.09 Å². The highest BCUT2D eigenvalue weighted by Crippen LogP contribution is 2.42. The number of imidazole rings is 1. The van der Waals surface area contributed by atoms with Crippen molar-refractivity contribution in [3.8, 4) is 17.0 Å². The highest BCUT2D eigenvalue weighted by molar-refractivity contribution is 5.90. The molecule has 1 aliphatic carbocycles. The van der Waals surface area contributed by atoms with Crippen LogP contribution in [0.15, 0.2) is 30.6 Å². The summed E-state index contributed by atoms with van der Waals surface area (Å²) in [7, 11) is 3.78. The van der Waals surface area contributed by atoms with Gasteiger partial charge in [0.1, 0.15) is 11.6 Å². The van der Waals surface area contributed by atoms with E-state index in [4.69, 9.17) is 9.72 Å². The van der Waals surface area contributed by atoms with Crippen LogP contribution in [0, 0.1) is 6.92 Å². The van der Waals surface area contributed by atoms with Crippen molar-refractivity contribution in [1.29, 1.82) is 0 Å². The molecule has 204 valence electrons. The highest BCUT2D eigenvalue weighted by Gasteiger charge is 2.38. The maximum atomic E-state index is 12.2. The molecule has 0 radical (unpaired) electrons. The summed E-state index contributed by atoms with van der Waals surface area (Å²) in [5.74, 6) is 2.01. The Morgan fingerprint density at radius 1 is 1.24 bits per heavy atom. The van der Waals surface area contributed by atoms with Crippen molar-refractivity contribution >= 4 is 17.3 Å². The summed E-state index contributed by atoms with van der Waals surface area (Å²) in [5, 5.41) is 9.97. The summed E-state index contributed by atoms with van der Waals surface area (Å²) in [6.45, 7) is 10.6. The van der Waals surface area contributed by atoms with Crippen LogP contribution in [0.5, 0.6) is 5.75 Å². The van der Waals surface area contributed by atoms with Gasteiger partial charge in [-0.1, -0.05) is 19.4 Å². The molecule has 1 aliphatic heterocycles. The van der Waals surface area contributed by atoms with Crippen LogP contribution in [0.4, 0.5) is 10.5 Å². The van der Waals surface area contributed by atoms with Crippen molar-refractivity contribution in [2.75, 3.05) is 45.2 Å². The molecule has 2 fully saturated rings. The Labute approximate surface area is 225 Å². The molecule has 5 rings (SSSR count). The number of hydrogen-bond acceptors (Lipinski definition) is 6. The normalized spacial score (nSPS) is 21.3. The first-order valence-corrected chi connectivity index (χ1v) is 13.8. The standard InChI is InChI=1S/C29H40N6O3/c1-6-7-19(2)35(29(36)37)24-9-8-21(18-25(24)38-5)26-27-20(3)30-10-11-34(27)28(31-26)22-16-23(17-22)33-14-12-32(4)13-15-33/h8-11,18-19,22-23H,6-7,12-17H2,1-5H3,(H,36,37). The Balaban J connectivity index is 1.47. The lowest BCUT2D eigenvalue weighted by Crippen LogP contribution is -2.52. The van der Waals surface area contributed by atoms with Crippen LogP contribution < -0.4 is 9.64 Å². The molecule has 1 N–H and O–H groups in total. The number of fused-ring (bicyclic) bond motifs is 1. The van der Waals surface area contributed by atoms with E-state index in [0.717, 1.165) is 80.2 Å². The third kappa shape index (κ3) is 4.85. The molecule has 9 heteroatoms. The lowest BCUT2D eigenvalue weighted by molar-refractivity contribution is 0.0586. The molecule has 9 nitrogen and oxygen atoms in total. The zero-order valence-electron chi connectivity index (χ0n) is 23.2. The molecule has 2 aromatic heterocycles. The van der Waals surface area contributed by atoms with E-state index in [2.05, 4.69) is 33.2 Å². The molecule has 1 saturated heterocycles. The van der Waals surface area contributed by atoms with Gasteiger partial charge in [-0.2, -0.15) is 0 Å². The number of rotatable bonds is 8. The molecule has 1 unspecified atom stereocenters. The Morgan fingerprint density at radius 3 is 2.63 bits per heavy atom. The summed E-state index contributed by atoms with van der Waals surface area (Å²) < 4.78 is 7.92. The lowest BCUT2D eigenvalue weighted by atomic mass is 9.78. The maximum Gasteiger partial charge on any atom is 0.412 e. The van der Waals surface area contributed by atoms with E-state index in [1.54, 1.807) is 7.11 Å². The van der Waals surface area contributed by atoms with Gasteiger partial charge in [-0.3, -0.25) is 19.2 Å². The number of amides is 1. The molecule has 38 heavy (non-hydrogen) atoms. The topological polar surface area (TPSA) is 86.4 Å². The van der Waals surface area contributed by atoms with E-state index in [1.807, 2.05) is 44.4 Å². The molecule has 3 heterocycles. The summed E-state index contributed by atoms with van der Waals surface area (Å²) in [4.78, 5) is 28.4. The van der Waals surface area contributed by atoms with Crippen molar-refractivity contribution in [2.45, 2.75) is 64.5 Å². The molecule has 1 atom stereocenters. The number of nitrogens with zero attached hydrogens (tertiary/aromatic N) is 6. The van der Waals surface area contributed by atoms with Crippen LogP contribution in [-0.4, -0.2) is 87.8 Å². The van der Waals surface area contributed by atoms with E-state index in [0.29, 0.717) is 23.4 Å². The number of ether oxygens (including phenoxy) is 1. The quantitative estimate of drug-likeness (QED) is 0.453. The molecule has 0 spiro atoms. The summed E-state index contributed by atoms with van der Waals surface area (Å²) in [6.07, 6.45) is 6.79. The van der Waals surface area contributed by atoms with E-state index in [-0.39, 0.29) is 6.04 Å². The number of aromatic nitrogens is 3. The van der Waals surface area contributed by atoms with Gasteiger partial charge in [0.15, 0.2) is 0 Å². The predicted octanol–water partition coefficient (Wildman–Crippen LogP) is 4.88. The number of likely N-dealkylation sites (N-methyl/N-ethyl adjacent to an activating group) is 1. The number of methoxy groups -OCH3 is 1. The lowest BCUT2D eigenvalue weighted by Gasteiger charge is -2.45. The smallest absolute Gasteiger partial charge is 0.412 e. The first kappa shape index (κ1) is 26.4. The zero-order chi connectivity index (χ0) is 27.0. The average molecular weight is 521 g/mol. The molecule has 1 saturated carbocycles. The molecule has 3 aromatic rings. The monoisotopic (exact) mass is 520 g/mol. The predicted molar refractivity (Wildman–Crippen MR) is 149 cm³/mol. The second kappa shape index (κ2) is 10.9. The van der Waals surface area contributed by atoms with Crippen molar-refractivity contribution in [1.82, 2.24) is 24.2 Å². The van der Waals surface area contributed by atoms with Crippen LogP contribution in [0.1, 0.15) is 57.0 Å². The van der Waals surface area contributed by atoms with Gasteiger partial charge in [0.05, 0.1) is 29.7 Å². The SMILES string of the molecule is CCCC(C)N(C(=O)O)c1ccc(-c2nc(C3CC(N4CCN(C)CC4)C3)n3ccnc(C)c23)cc1OC. The minimum absolute atomic E-state index is 0.157. The molecule has 1 amide bonds. The van der Waals surface area contributed by atoms with Crippen molar-refractivity contribution in [3.05, 3.63) is 42.1 Å². The van der Waals surface area contributed by atoms with Gasteiger partial charge in [-0.25, -0.2) is 9.78 Å². The van der Waals surface area contributed by atoms with Gasteiger partial charge in [0, 0.05) is 62.1 Å². The minimum Gasteiger partial charge on any atom is -0.495 e. The fraction of sp³-hybridized carbons (Fsp3) is 0.552. The minimum atomic E-state index is -0.980. The second-order valence-corrected chi connectivity index (χ2v) is 10.9. The van der Waals surface area contributed by atoms with Crippen LogP contribution in [-0.2, 0) is 0 Å². The number of aryl methyl sites for hydroxylation is 1. The number of benzene rings is 1. The van der Waals surface area contributed by atoms with Crippen LogP contribution in [0.25, 0.3) is 16.8 Å². The molecule has 1 aromatic carbocycles. The Bertz CT molecular complexity index is 1290. The van der Waals surface area contributed by atoms with Gasteiger partial charge >= 0.3 is 6.09 Å². The summed E-state index contributed by atoms with van der Waals surface area (Å²) in [6, 6.07) is 6.18. The number of anilines is 1. The number of carboxylic acid groups (broad SMARTS) is 1. The van der Waals surface area contributed by atoms with Crippen LogP contribution in [0.3, 0.4) is 0 Å². The number of carbonyl (C=O) groups is 1. The average Bonchev–Trinajstić information content (AvgIpc) is 3.25. The van der Waals surface area contributed by atoms with Gasteiger partial charge in [-0.05, 0) is 52.3 Å². The van der Waals surface area contributed by atoms with E-state index in [9.17, 15) is 9.90 Å². The zero-order valence-corrected chi connectivity index (χ0v) is 23.2. The van der Waals surface area contributed by atoms with Crippen LogP contribution >= 0.6 is 0 Å². The van der Waals surface area contributed by atoms with Crippen LogP contribution in [0.2, 0.25) is 0 Å². The summed E-state index contributed by atoms with van der Waals surface area (Å²) in [5.41, 5.74) is 4.23. The highest BCUT2D eigenvalue weighted by atomic mass is 16.5. The summed E-state index contributed by atoms with van der Waals surface area (Å²) >= 11 is 0. The largest absolute Gasteiger partial charge is 0.495 e. The molecule has 0 bridgehead atoms. The van der Waals surface area contributed by atoms with Gasteiger partial charge in [-0.15, -0.1) is 0 Å². The maximum absolute atomic E-state index is 12.2. The third-order valence-electron chi connectivity index (χ3n) is 8.36. The number of piperazine rings is 1. The van der Waals surface area contributed by atoms with Gasteiger partial charge < -0.3 is 14.7 Å². The molecular weight excluding hydrogens is 480 g/mol. The molecular formula is C29H40N6O3. The van der Waals surface area contributed by atoms with Gasteiger partial charge in [0.25, 0.3) is 0 Å². The van der Waals surface area contributed by atoms with Gasteiger partial charge in [0.2, 0.25) is 0 Å². The molecule has 2 aliphatic rings. The fourth-order valence-electron chi connectivity index (χ4n) is 6.09. The van der Waals surface area contributed by atoms with Crippen molar-refractivity contribution < 1.29 is 14.6 Å². The van der Waals surface area contributed by atoms with Crippen molar-refractivity contribution in [2.24, 2.45) is 0 Å².